The molecule has 1 aliphatic heterocycles. The van der Waals surface area contributed by atoms with E-state index in [9.17, 15) is 9.59 Å². The Morgan fingerprint density at radius 2 is 2.05 bits per heavy atom. The largest absolute Gasteiger partial charge is 0.338 e. The van der Waals surface area contributed by atoms with Gasteiger partial charge in [0.05, 0.1) is 6.04 Å². The van der Waals surface area contributed by atoms with E-state index in [1.165, 1.54) is 5.56 Å². The van der Waals surface area contributed by atoms with Gasteiger partial charge in [-0.2, -0.15) is 0 Å². The molecule has 1 fully saturated rings. The van der Waals surface area contributed by atoms with Crippen LogP contribution in [0.15, 0.2) is 30.3 Å². The number of nitrogens with zero attached hydrogens (tertiary/aromatic N) is 1. The van der Waals surface area contributed by atoms with Crippen LogP contribution < -0.4 is 10.6 Å². The fourth-order valence-electron chi connectivity index (χ4n) is 2.86. The van der Waals surface area contributed by atoms with E-state index in [0.29, 0.717) is 6.54 Å². The van der Waals surface area contributed by atoms with Crippen molar-refractivity contribution in [3.8, 4) is 0 Å². The number of benzene rings is 1. The monoisotopic (exact) mass is 289 g/mol. The number of carbonyl (C=O) groups is 2. The van der Waals surface area contributed by atoms with E-state index in [1.807, 2.05) is 32.0 Å². The molecule has 0 aromatic heterocycles. The van der Waals surface area contributed by atoms with E-state index in [2.05, 4.69) is 27.7 Å². The summed E-state index contributed by atoms with van der Waals surface area (Å²) >= 11 is 0. The minimum Gasteiger partial charge on any atom is -0.338 e. The first-order chi connectivity index (χ1) is 10.1. The van der Waals surface area contributed by atoms with Crippen LogP contribution in [0, 0.1) is 0 Å². The van der Waals surface area contributed by atoms with E-state index in [-0.39, 0.29) is 18.0 Å². The van der Waals surface area contributed by atoms with Gasteiger partial charge >= 0.3 is 6.03 Å². The van der Waals surface area contributed by atoms with Crippen molar-refractivity contribution in [1.29, 1.82) is 0 Å². The predicted octanol–water partition coefficient (Wildman–Crippen LogP) is 2.06. The summed E-state index contributed by atoms with van der Waals surface area (Å²) in [6.07, 6.45) is 2.11. The van der Waals surface area contributed by atoms with Gasteiger partial charge < -0.3 is 5.32 Å². The minimum atomic E-state index is -0.426. The van der Waals surface area contributed by atoms with Gasteiger partial charge in [-0.15, -0.1) is 0 Å². The molecule has 0 bridgehead atoms. The van der Waals surface area contributed by atoms with Crippen LogP contribution in [0.3, 0.4) is 0 Å². The maximum atomic E-state index is 12.2. The topological polar surface area (TPSA) is 61.4 Å². The second kappa shape index (κ2) is 7.22. The smallest absolute Gasteiger partial charge is 0.321 e. The molecule has 2 rings (SSSR count). The highest BCUT2D eigenvalue weighted by molar-refractivity contribution is 5.96. The van der Waals surface area contributed by atoms with Crippen LogP contribution in [0.2, 0.25) is 0 Å². The molecule has 1 saturated heterocycles. The average molecular weight is 289 g/mol. The SMILES string of the molecule is CCNC(=O)NC(=O)C(C)N1CCCC1c1ccccc1. The van der Waals surface area contributed by atoms with E-state index in [4.69, 9.17) is 0 Å². The van der Waals surface area contributed by atoms with Gasteiger partial charge in [0.25, 0.3) is 0 Å². The van der Waals surface area contributed by atoms with Gasteiger partial charge in [-0.3, -0.25) is 15.0 Å². The molecular formula is C16H23N3O2. The first-order valence-electron chi connectivity index (χ1n) is 7.53. The Bertz CT molecular complexity index is 490. The molecule has 0 radical (unpaired) electrons. The lowest BCUT2D eigenvalue weighted by atomic mass is 10.0. The van der Waals surface area contributed by atoms with Crippen molar-refractivity contribution in [2.45, 2.75) is 38.8 Å². The van der Waals surface area contributed by atoms with Crippen LogP contribution in [-0.2, 0) is 4.79 Å². The number of hydrogen-bond donors (Lipinski definition) is 2. The van der Waals surface area contributed by atoms with Crippen LogP contribution in [0.1, 0.15) is 38.3 Å². The molecule has 5 nitrogen and oxygen atoms in total. The zero-order chi connectivity index (χ0) is 15.2. The Morgan fingerprint density at radius 1 is 1.33 bits per heavy atom. The van der Waals surface area contributed by atoms with Crippen molar-refractivity contribution in [3.63, 3.8) is 0 Å². The first kappa shape index (κ1) is 15.5. The number of hydrogen-bond acceptors (Lipinski definition) is 3. The fourth-order valence-corrected chi connectivity index (χ4v) is 2.86. The molecular weight excluding hydrogens is 266 g/mol. The Labute approximate surface area is 125 Å². The second-order valence-corrected chi connectivity index (χ2v) is 5.33. The van der Waals surface area contributed by atoms with Gasteiger partial charge in [-0.25, -0.2) is 4.79 Å². The third-order valence-electron chi connectivity index (χ3n) is 3.93. The summed E-state index contributed by atoms with van der Waals surface area (Å²) in [5.74, 6) is -0.246. The van der Waals surface area contributed by atoms with Crippen molar-refractivity contribution in [3.05, 3.63) is 35.9 Å². The highest BCUT2D eigenvalue weighted by atomic mass is 16.2. The molecule has 2 unspecified atom stereocenters. The third kappa shape index (κ3) is 3.82. The van der Waals surface area contributed by atoms with Crippen LogP contribution >= 0.6 is 0 Å². The third-order valence-corrected chi connectivity index (χ3v) is 3.93. The van der Waals surface area contributed by atoms with Gasteiger partial charge in [-0.1, -0.05) is 30.3 Å². The van der Waals surface area contributed by atoms with Crippen LogP contribution in [0.4, 0.5) is 4.79 Å². The lowest BCUT2D eigenvalue weighted by Crippen LogP contribution is -2.49. The van der Waals surface area contributed by atoms with Gasteiger partial charge in [0, 0.05) is 12.6 Å². The Balaban J connectivity index is 2.02. The number of nitrogens with one attached hydrogen (secondary N) is 2. The number of amides is 3. The Hall–Kier alpha value is -1.88. The molecule has 1 heterocycles. The lowest BCUT2D eigenvalue weighted by molar-refractivity contribution is -0.125. The zero-order valence-electron chi connectivity index (χ0n) is 12.6. The fraction of sp³-hybridized carbons (Fsp3) is 0.500. The van der Waals surface area contributed by atoms with Crippen molar-refractivity contribution < 1.29 is 9.59 Å². The average Bonchev–Trinajstić information content (AvgIpc) is 2.96. The maximum absolute atomic E-state index is 12.2. The molecule has 2 atom stereocenters. The van der Waals surface area contributed by atoms with Crippen molar-refractivity contribution >= 4 is 11.9 Å². The van der Waals surface area contributed by atoms with E-state index >= 15 is 0 Å². The Kier molecular flexibility index (Phi) is 5.33. The second-order valence-electron chi connectivity index (χ2n) is 5.33. The quantitative estimate of drug-likeness (QED) is 0.892. The number of imide groups is 1. The molecule has 2 N–H and O–H groups in total. The lowest BCUT2D eigenvalue weighted by Gasteiger charge is -2.29. The van der Waals surface area contributed by atoms with E-state index in [0.717, 1.165) is 19.4 Å². The van der Waals surface area contributed by atoms with E-state index < -0.39 is 6.03 Å². The molecule has 0 aliphatic carbocycles. The zero-order valence-corrected chi connectivity index (χ0v) is 12.6. The summed E-state index contributed by atoms with van der Waals surface area (Å²) in [7, 11) is 0. The Morgan fingerprint density at radius 3 is 2.71 bits per heavy atom. The molecule has 0 saturated carbocycles. The van der Waals surface area contributed by atoms with E-state index in [1.54, 1.807) is 0 Å². The molecule has 1 aromatic rings. The van der Waals surface area contributed by atoms with Gasteiger partial charge in [0.2, 0.25) is 5.91 Å². The van der Waals surface area contributed by atoms with Crippen molar-refractivity contribution in [2.24, 2.45) is 0 Å². The molecule has 21 heavy (non-hydrogen) atoms. The van der Waals surface area contributed by atoms with Gasteiger partial charge in [0.15, 0.2) is 0 Å². The number of urea groups is 1. The molecule has 114 valence electrons. The molecule has 5 heteroatoms. The highest BCUT2D eigenvalue weighted by Gasteiger charge is 2.33. The summed E-state index contributed by atoms with van der Waals surface area (Å²) < 4.78 is 0. The van der Waals surface area contributed by atoms with Gasteiger partial charge in [0.1, 0.15) is 0 Å². The van der Waals surface area contributed by atoms with Crippen LogP contribution in [-0.4, -0.2) is 36.0 Å². The molecule has 3 amide bonds. The minimum absolute atomic E-state index is 0.246. The molecule has 0 spiro atoms. The summed E-state index contributed by atoms with van der Waals surface area (Å²) in [4.78, 5) is 25.8. The van der Waals surface area contributed by atoms with Crippen molar-refractivity contribution in [2.75, 3.05) is 13.1 Å². The first-order valence-corrected chi connectivity index (χ1v) is 7.53. The maximum Gasteiger partial charge on any atom is 0.321 e. The molecule has 1 aliphatic rings. The normalized spacial score (nSPS) is 20.0. The predicted molar refractivity (Wildman–Crippen MR) is 81.8 cm³/mol. The summed E-state index contributed by atoms with van der Waals surface area (Å²) in [6.45, 7) is 5.06. The number of rotatable bonds is 4. The highest BCUT2D eigenvalue weighted by Crippen LogP contribution is 2.33. The number of carbonyl (C=O) groups excluding carboxylic acids is 2. The molecule has 1 aromatic carbocycles. The standard InChI is InChI=1S/C16H23N3O2/c1-3-17-16(21)18-15(20)12(2)19-11-7-10-14(19)13-8-5-4-6-9-13/h4-6,8-9,12,14H,3,7,10-11H2,1-2H3,(H2,17,18,20,21). The summed E-state index contributed by atoms with van der Waals surface area (Å²) in [5, 5.41) is 4.97. The van der Waals surface area contributed by atoms with Crippen molar-refractivity contribution in [1.82, 2.24) is 15.5 Å². The van der Waals surface area contributed by atoms with Gasteiger partial charge in [-0.05, 0) is 38.8 Å². The summed E-state index contributed by atoms with van der Waals surface area (Å²) in [5.41, 5.74) is 1.23. The van der Waals surface area contributed by atoms with Crippen LogP contribution in [0.5, 0.6) is 0 Å². The number of likely N-dealkylation sites (tertiary alicyclic amines) is 1. The summed E-state index contributed by atoms with van der Waals surface area (Å²) in [6, 6.07) is 9.73. The van der Waals surface area contributed by atoms with Crippen LogP contribution in [0.25, 0.3) is 0 Å².